The number of aromatic hydroxyl groups is 2. The van der Waals surface area contributed by atoms with Crippen molar-refractivity contribution in [3.63, 3.8) is 0 Å². The maximum atomic E-state index is 11.4. The molecule has 0 saturated carbocycles. The van der Waals surface area contributed by atoms with Gasteiger partial charge in [-0.15, -0.1) is 0 Å². The van der Waals surface area contributed by atoms with Gasteiger partial charge in [-0.2, -0.15) is 0 Å². The number of carboxylic acids is 2. The molecular weight excluding hydrogens is 480 g/mol. The molecule has 0 atom stereocenters. The molecule has 0 heterocycles. The quantitative estimate of drug-likeness (QED) is 0.160. The number of phenols is 2. The molecule has 202 valence electrons. The van der Waals surface area contributed by atoms with Gasteiger partial charge in [-0.3, -0.25) is 0 Å². The number of aromatic carboxylic acids is 2. The topological polar surface area (TPSA) is 115 Å². The maximum Gasteiger partial charge on any atom is 0.339 e. The predicted molar refractivity (Wildman–Crippen MR) is 150 cm³/mol. The molecule has 3 aromatic carbocycles. The van der Waals surface area contributed by atoms with Gasteiger partial charge in [-0.1, -0.05) is 76.6 Å². The van der Waals surface area contributed by atoms with Crippen molar-refractivity contribution < 1.29 is 30.0 Å². The summed E-state index contributed by atoms with van der Waals surface area (Å²) in [6.07, 6.45) is 10.3. The molecule has 3 rings (SSSR count). The Hall–Kier alpha value is -3.80. The van der Waals surface area contributed by atoms with Gasteiger partial charge in [0.15, 0.2) is 0 Å². The molecule has 6 heteroatoms. The molecule has 0 aliphatic rings. The summed E-state index contributed by atoms with van der Waals surface area (Å²) in [5, 5.41) is 39.5. The summed E-state index contributed by atoms with van der Waals surface area (Å²) >= 11 is 0. The summed E-state index contributed by atoms with van der Waals surface area (Å²) in [6, 6.07) is 13.6. The van der Waals surface area contributed by atoms with Crippen molar-refractivity contribution in [2.45, 2.75) is 78.1 Å². The first-order valence-electron chi connectivity index (χ1n) is 13.6. The summed E-state index contributed by atoms with van der Waals surface area (Å²) in [4.78, 5) is 22.9. The van der Waals surface area contributed by atoms with Crippen LogP contribution in [-0.4, -0.2) is 32.4 Å². The minimum absolute atomic E-state index is 0.136. The lowest BCUT2D eigenvalue weighted by atomic mass is 9.86. The molecule has 0 amide bonds. The van der Waals surface area contributed by atoms with Gasteiger partial charge in [0.1, 0.15) is 22.6 Å². The third kappa shape index (κ3) is 7.15. The Morgan fingerprint density at radius 3 is 1.29 bits per heavy atom. The van der Waals surface area contributed by atoms with E-state index in [1.165, 1.54) is 24.3 Å². The van der Waals surface area contributed by atoms with E-state index in [0.29, 0.717) is 0 Å². The zero-order chi connectivity index (χ0) is 27.7. The van der Waals surface area contributed by atoms with E-state index in [1.54, 1.807) is 12.1 Å². The first kappa shape index (κ1) is 28.8. The molecule has 0 aliphatic carbocycles. The van der Waals surface area contributed by atoms with E-state index in [4.69, 9.17) is 0 Å². The van der Waals surface area contributed by atoms with Crippen LogP contribution in [0.2, 0.25) is 0 Å². The Morgan fingerprint density at radius 1 is 0.579 bits per heavy atom. The highest BCUT2D eigenvalue weighted by molar-refractivity contribution is 5.93. The minimum atomic E-state index is -1.18. The Labute approximate surface area is 224 Å². The molecule has 0 radical (unpaired) electrons. The van der Waals surface area contributed by atoms with Gasteiger partial charge < -0.3 is 20.4 Å². The van der Waals surface area contributed by atoms with Crippen LogP contribution < -0.4 is 0 Å². The second-order valence-corrected chi connectivity index (χ2v) is 9.86. The van der Waals surface area contributed by atoms with Crippen molar-refractivity contribution in [3.05, 3.63) is 70.8 Å². The van der Waals surface area contributed by atoms with Crippen molar-refractivity contribution in [3.8, 4) is 33.8 Å². The molecule has 0 bridgehead atoms. The first-order valence-corrected chi connectivity index (χ1v) is 13.6. The average Bonchev–Trinajstić information content (AvgIpc) is 2.88. The molecule has 38 heavy (non-hydrogen) atoms. The number of hydrogen-bond acceptors (Lipinski definition) is 4. The fourth-order valence-corrected chi connectivity index (χ4v) is 4.89. The summed E-state index contributed by atoms with van der Waals surface area (Å²) in [6.45, 7) is 4.33. The number of aryl methyl sites for hydroxylation is 2. The maximum absolute atomic E-state index is 11.4. The smallest absolute Gasteiger partial charge is 0.339 e. The van der Waals surface area contributed by atoms with Crippen molar-refractivity contribution in [1.82, 2.24) is 0 Å². The van der Waals surface area contributed by atoms with E-state index >= 15 is 0 Å². The van der Waals surface area contributed by atoms with Crippen LogP contribution in [0.3, 0.4) is 0 Å². The fraction of sp³-hybridized carbons (Fsp3) is 0.375. The Balaban J connectivity index is 2.16. The number of carboxylic acid groups (broad SMARTS) is 2. The van der Waals surface area contributed by atoms with E-state index in [0.717, 1.165) is 97.6 Å². The second kappa shape index (κ2) is 13.7. The number of carbonyl (C=O) groups is 2. The second-order valence-electron chi connectivity index (χ2n) is 9.86. The van der Waals surface area contributed by atoms with Crippen molar-refractivity contribution in [2.24, 2.45) is 0 Å². The van der Waals surface area contributed by atoms with Crippen LogP contribution in [0.5, 0.6) is 11.5 Å². The Bertz CT molecular complexity index is 1180. The highest BCUT2D eigenvalue weighted by atomic mass is 16.4. The molecule has 0 unspecified atom stereocenters. The van der Waals surface area contributed by atoms with Gasteiger partial charge in [0, 0.05) is 0 Å². The van der Waals surface area contributed by atoms with Crippen LogP contribution in [-0.2, 0) is 12.8 Å². The zero-order valence-electron chi connectivity index (χ0n) is 22.3. The molecule has 3 aromatic rings. The third-order valence-corrected chi connectivity index (χ3v) is 7.01. The molecule has 4 N–H and O–H groups in total. The normalized spacial score (nSPS) is 11.0. The van der Waals surface area contributed by atoms with Crippen LogP contribution in [0.15, 0.2) is 48.5 Å². The lowest BCUT2D eigenvalue weighted by Crippen LogP contribution is -2.01. The monoisotopic (exact) mass is 518 g/mol. The largest absolute Gasteiger partial charge is 0.507 e. The highest BCUT2D eigenvalue weighted by Gasteiger charge is 2.18. The Morgan fingerprint density at radius 2 is 0.974 bits per heavy atom. The van der Waals surface area contributed by atoms with Crippen molar-refractivity contribution >= 4 is 11.9 Å². The number of unbranched alkanes of at least 4 members (excludes halogenated alkanes) is 6. The van der Waals surface area contributed by atoms with Crippen LogP contribution >= 0.6 is 0 Å². The first-order chi connectivity index (χ1) is 18.3. The summed E-state index contributed by atoms with van der Waals surface area (Å²) in [5.74, 6) is -2.89. The summed E-state index contributed by atoms with van der Waals surface area (Å²) in [5.41, 5.74) is 5.28. The van der Waals surface area contributed by atoms with Gasteiger partial charge in [-0.05, 0) is 83.3 Å². The Kier molecular flexibility index (Phi) is 10.3. The summed E-state index contributed by atoms with van der Waals surface area (Å²) in [7, 11) is 0. The number of hydrogen-bond donors (Lipinski definition) is 4. The molecule has 0 saturated heterocycles. The van der Waals surface area contributed by atoms with Gasteiger partial charge in [-0.25, -0.2) is 9.59 Å². The minimum Gasteiger partial charge on any atom is -0.507 e. The number of rotatable bonds is 14. The van der Waals surface area contributed by atoms with Crippen molar-refractivity contribution in [1.29, 1.82) is 0 Å². The fourth-order valence-electron chi connectivity index (χ4n) is 4.89. The van der Waals surface area contributed by atoms with E-state index < -0.39 is 11.9 Å². The molecule has 0 aliphatic heterocycles. The molecule has 0 spiro atoms. The van der Waals surface area contributed by atoms with Crippen LogP contribution in [0, 0.1) is 0 Å². The molecule has 0 aromatic heterocycles. The van der Waals surface area contributed by atoms with E-state index in [-0.39, 0.29) is 22.6 Å². The van der Waals surface area contributed by atoms with Crippen LogP contribution in [0.4, 0.5) is 0 Å². The predicted octanol–water partition coefficient (Wildman–Crippen LogP) is 8.07. The highest BCUT2D eigenvalue weighted by Crippen LogP contribution is 2.37. The number of benzene rings is 3. The van der Waals surface area contributed by atoms with Crippen molar-refractivity contribution in [2.75, 3.05) is 0 Å². The molecule has 6 nitrogen and oxygen atoms in total. The summed E-state index contributed by atoms with van der Waals surface area (Å²) < 4.78 is 0. The molecular formula is C32H38O6. The van der Waals surface area contributed by atoms with E-state index in [2.05, 4.69) is 26.0 Å². The van der Waals surface area contributed by atoms with Gasteiger partial charge in [0.2, 0.25) is 0 Å². The third-order valence-electron chi connectivity index (χ3n) is 7.01. The SMILES string of the molecule is CCCCCCc1cc(-c2ccc(C(=O)O)c(O)c2)c(CCCCCC)cc1-c1ccc(C(=O)O)c(O)c1. The molecule has 0 fully saturated rings. The lowest BCUT2D eigenvalue weighted by molar-refractivity contribution is 0.0682. The average molecular weight is 519 g/mol. The van der Waals surface area contributed by atoms with Gasteiger partial charge >= 0.3 is 11.9 Å². The zero-order valence-corrected chi connectivity index (χ0v) is 22.3. The van der Waals surface area contributed by atoms with E-state index in [9.17, 15) is 30.0 Å². The van der Waals surface area contributed by atoms with Crippen LogP contribution in [0.25, 0.3) is 22.3 Å². The standard InChI is InChI=1S/C32H38O6/c1-3-5-7-9-11-21-17-28(24-14-16-26(32(37)38)30(34)20-24)22(12-10-8-6-4-2)18-27(21)23-13-15-25(31(35)36)29(33)19-23/h13-20,33-34H,3-12H2,1-2H3,(H,35,36)(H,37,38). The van der Waals surface area contributed by atoms with E-state index in [1.807, 2.05) is 0 Å². The van der Waals surface area contributed by atoms with Gasteiger partial charge in [0.05, 0.1) is 0 Å². The van der Waals surface area contributed by atoms with Crippen LogP contribution in [0.1, 0.15) is 97.1 Å². The lowest BCUT2D eigenvalue weighted by Gasteiger charge is -2.19. The van der Waals surface area contributed by atoms with Gasteiger partial charge in [0.25, 0.3) is 0 Å².